The second-order valence-corrected chi connectivity index (χ2v) is 0.758. The summed E-state index contributed by atoms with van der Waals surface area (Å²) in [5.74, 6) is 0. The van der Waals surface area contributed by atoms with E-state index in [-0.39, 0.29) is 32.4 Å². The van der Waals surface area contributed by atoms with E-state index in [1.165, 1.54) is 0 Å². The third-order valence-electron chi connectivity index (χ3n) is 0. The van der Waals surface area contributed by atoms with Gasteiger partial charge >= 0.3 is 40.7 Å². The predicted octanol–water partition coefficient (Wildman–Crippen LogP) is -3.14. The Labute approximate surface area is 55.2 Å². The van der Waals surface area contributed by atoms with Crippen LogP contribution in [-0.2, 0) is 4.57 Å². The molecule has 0 atom stereocenters. The minimum Gasteiger partial charge on any atom is -0.134 e. The van der Waals surface area contributed by atoms with E-state index in [0.717, 1.165) is 0 Å². The summed E-state index contributed by atoms with van der Waals surface area (Å²) >= 11 is 0. The molecule has 0 aromatic rings. The van der Waals surface area contributed by atoms with Gasteiger partial charge < -0.3 is 0 Å². The van der Waals surface area contributed by atoms with E-state index in [4.69, 9.17) is 14.4 Å². The van der Waals surface area contributed by atoms with Crippen molar-refractivity contribution in [2.45, 2.75) is 0 Å². The molecule has 2 N–H and O–H groups in total. The van der Waals surface area contributed by atoms with E-state index in [1.54, 1.807) is 0 Å². The van der Waals surface area contributed by atoms with Crippen LogP contribution in [0.15, 0.2) is 0 Å². The first-order valence-corrected chi connectivity index (χ1v) is 1.75. The zero-order chi connectivity index (χ0) is 3.58. The summed E-state index contributed by atoms with van der Waals surface area (Å²) in [7, 11) is -2.87. The summed E-state index contributed by atoms with van der Waals surface area (Å²) < 4.78 is 8.70. The number of hydrogen-bond acceptors (Lipinski definition) is 1. The molecule has 0 saturated carbocycles. The molecule has 0 rings (SSSR count). The van der Waals surface area contributed by atoms with Crippen molar-refractivity contribution in [3.63, 3.8) is 0 Å². The predicted molar refractivity (Wildman–Crippen MR) is 14.3 cm³/mol. The van der Waals surface area contributed by atoms with E-state index >= 15 is 0 Å². The molecule has 5 heavy (non-hydrogen) atoms. The summed E-state index contributed by atoms with van der Waals surface area (Å²) in [6.07, 6.45) is 0. The Morgan fingerprint density at radius 3 is 1.60 bits per heavy atom. The molecule has 0 spiro atoms. The minimum absolute atomic E-state index is 0. The molecule has 0 aliphatic heterocycles. The molecule has 0 aliphatic carbocycles. The van der Waals surface area contributed by atoms with Crippen LogP contribution in [0.5, 0.6) is 0 Å². The number of rotatable bonds is 0. The third-order valence-corrected chi connectivity index (χ3v) is 0. The second-order valence-electron chi connectivity index (χ2n) is 0.253. The molecule has 0 fully saturated rings. The number of hydrogen-bond donors (Lipinski definition) is 2. The van der Waals surface area contributed by atoms with Crippen LogP contribution in [0.25, 0.3) is 0 Å². The molecular formula is H4NaO3P+4. The fourth-order valence-electron chi connectivity index (χ4n) is 0. The molecule has 0 heterocycles. The maximum Gasteiger partial charge on any atom is 1.00 e. The van der Waals surface area contributed by atoms with Crippen LogP contribution < -0.4 is 29.6 Å². The summed E-state index contributed by atoms with van der Waals surface area (Å²) in [6.45, 7) is 0. The van der Waals surface area contributed by atoms with Gasteiger partial charge in [0.25, 0.3) is 0 Å². The van der Waals surface area contributed by atoms with E-state index in [1.807, 2.05) is 0 Å². The van der Waals surface area contributed by atoms with E-state index < -0.39 is 8.25 Å². The Kier molecular flexibility index (Phi) is 9.43. The van der Waals surface area contributed by atoms with Gasteiger partial charge in [-0.1, -0.05) is 0 Å². The van der Waals surface area contributed by atoms with Crippen LogP contribution in [0.3, 0.4) is 0 Å². The fourth-order valence-corrected chi connectivity index (χ4v) is 0. The molecule has 24 valence electrons. The molecular weight excluding hydrogens is 102 g/mol. The van der Waals surface area contributed by atoms with E-state index in [0.29, 0.717) is 0 Å². The normalized spacial score (nSPS) is 5.20. The fraction of sp³-hybridized carbons (Fsp3) is 0. The van der Waals surface area contributed by atoms with Crippen LogP contribution in [0.2, 0.25) is 0 Å². The van der Waals surface area contributed by atoms with Crippen molar-refractivity contribution >= 4 is 8.25 Å². The maximum atomic E-state index is 8.70. The van der Waals surface area contributed by atoms with Crippen molar-refractivity contribution in [3.8, 4) is 0 Å². The molecule has 0 amide bonds. The minimum atomic E-state index is -2.87. The van der Waals surface area contributed by atoms with Crippen LogP contribution in [0.4, 0.5) is 0 Å². The van der Waals surface area contributed by atoms with Gasteiger partial charge in [-0.25, -0.2) is 0 Å². The van der Waals surface area contributed by atoms with Crippen molar-refractivity contribution in [3.05, 3.63) is 0 Å². The molecule has 3 nitrogen and oxygen atoms in total. The Bertz CT molecular complexity index is 35.9. The Morgan fingerprint density at radius 1 is 1.60 bits per heavy atom. The summed E-state index contributed by atoms with van der Waals surface area (Å²) in [4.78, 5) is 14.2. The Hall–Kier alpha value is 1.02. The maximum absolute atomic E-state index is 8.70. The van der Waals surface area contributed by atoms with Gasteiger partial charge in [-0.2, -0.15) is 0 Å². The van der Waals surface area contributed by atoms with Gasteiger partial charge in [-0.3, -0.25) is 0 Å². The molecule has 0 radical (unpaired) electrons. The Morgan fingerprint density at radius 2 is 1.60 bits per heavy atom. The average Bonchev–Trinajstić information content (AvgIpc) is 0.811. The average molecular weight is 106 g/mol. The quantitative estimate of drug-likeness (QED) is 0.253. The topological polar surface area (TPSA) is 57.5 Å². The molecule has 0 unspecified atom stereocenters. The van der Waals surface area contributed by atoms with Gasteiger partial charge in [-0.15, -0.1) is 9.79 Å². The monoisotopic (exact) mass is 106 g/mol. The molecule has 0 aromatic heterocycles. The van der Waals surface area contributed by atoms with Gasteiger partial charge in [0.2, 0.25) is 0 Å². The van der Waals surface area contributed by atoms with Crippen LogP contribution in [-0.4, -0.2) is 9.79 Å². The van der Waals surface area contributed by atoms with Crippen molar-refractivity contribution in [1.29, 1.82) is 0 Å². The smallest absolute Gasteiger partial charge is 0.134 e. The molecule has 0 bridgehead atoms. The zero-order valence-corrected chi connectivity index (χ0v) is 5.64. The first kappa shape index (κ1) is 9.39. The SMILES string of the molecule is O=[P+](O)O.[H+].[H+].[Na+]. The van der Waals surface area contributed by atoms with Crippen molar-refractivity contribution in [1.82, 2.24) is 0 Å². The van der Waals surface area contributed by atoms with Gasteiger partial charge in [0.15, 0.2) is 0 Å². The summed E-state index contributed by atoms with van der Waals surface area (Å²) in [5.41, 5.74) is 0. The van der Waals surface area contributed by atoms with Gasteiger partial charge in [0.1, 0.15) is 0 Å². The molecule has 0 saturated heterocycles. The Balaban J connectivity index is -0.0000000150. The molecule has 0 aromatic carbocycles. The van der Waals surface area contributed by atoms with Crippen LogP contribution in [0.1, 0.15) is 2.85 Å². The van der Waals surface area contributed by atoms with Crippen molar-refractivity contribution in [2.24, 2.45) is 0 Å². The van der Waals surface area contributed by atoms with Crippen molar-refractivity contribution in [2.75, 3.05) is 0 Å². The standard InChI is InChI=1S/Na.HO3P/c;1-4(2)3/h;(H-,1,2,3)/q+1;/p+3. The third kappa shape index (κ3) is 44.0. The summed E-state index contributed by atoms with van der Waals surface area (Å²) in [5, 5.41) is 0. The van der Waals surface area contributed by atoms with E-state index in [2.05, 4.69) is 0 Å². The van der Waals surface area contributed by atoms with Gasteiger partial charge in [-0.05, 0) is 0 Å². The van der Waals surface area contributed by atoms with Gasteiger partial charge in [0.05, 0.1) is 0 Å². The first-order valence-electron chi connectivity index (χ1n) is 0.583. The first-order chi connectivity index (χ1) is 1.73. The van der Waals surface area contributed by atoms with Crippen LogP contribution in [0, 0.1) is 0 Å². The second kappa shape index (κ2) is 5.02. The van der Waals surface area contributed by atoms with Crippen molar-refractivity contribution < 1.29 is 46.8 Å². The van der Waals surface area contributed by atoms with Gasteiger partial charge in [0, 0.05) is 4.57 Å². The molecule has 0 aliphatic rings. The molecule has 5 heteroatoms. The zero-order valence-electron chi connectivity index (χ0n) is 4.75. The van der Waals surface area contributed by atoms with E-state index in [9.17, 15) is 0 Å². The van der Waals surface area contributed by atoms with Crippen LogP contribution >= 0.6 is 8.25 Å². The largest absolute Gasteiger partial charge is 1.00 e. The summed E-state index contributed by atoms with van der Waals surface area (Å²) in [6, 6.07) is 0.